The van der Waals surface area contributed by atoms with Crippen molar-refractivity contribution < 1.29 is 14.3 Å². The van der Waals surface area contributed by atoms with Crippen LogP contribution < -0.4 is 10.1 Å². The average molecular weight is 318 g/mol. The second-order valence-corrected chi connectivity index (χ2v) is 6.56. The van der Waals surface area contributed by atoms with Gasteiger partial charge in [-0.2, -0.15) is 0 Å². The van der Waals surface area contributed by atoms with E-state index < -0.39 is 0 Å². The molecule has 0 bridgehead atoms. The lowest BCUT2D eigenvalue weighted by atomic mass is 10.0. The first-order valence-corrected chi connectivity index (χ1v) is 8.11. The van der Waals surface area contributed by atoms with E-state index in [9.17, 15) is 9.59 Å². The molecule has 1 aromatic carbocycles. The molecule has 5 nitrogen and oxygen atoms in total. The van der Waals surface area contributed by atoms with Crippen LogP contribution in [0.15, 0.2) is 24.3 Å². The summed E-state index contributed by atoms with van der Waals surface area (Å²) in [6.07, 6.45) is 0.298. The molecule has 2 amide bonds. The number of benzene rings is 1. The highest BCUT2D eigenvalue weighted by atomic mass is 16.5. The van der Waals surface area contributed by atoms with Crippen LogP contribution in [0.2, 0.25) is 0 Å². The molecule has 2 rings (SSSR count). The van der Waals surface area contributed by atoms with Crippen LogP contribution in [0, 0.1) is 11.8 Å². The molecule has 1 N–H and O–H groups in total. The summed E-state index contributed by atoms with van der Waals surface area (Å²) in [5, 5.41) is 3.01. The number of carbonyl (C=O) groups is 2. The van der Waals surface area contributed by atoms with Crippen molar-refractivity contribution in [3.63, 3.8) is 0 Å². The fourth-order valence-electron chi connectivity index (χ4n) is 2.56. The maximum Gasteiger partial charge on any atom is 0.225 e. The summed E-state index contributed by atoms with van der Waals surface area (Å²) in [7, 11) is 1.63. The molecule has 0 aliphatic carbocycles. The topological polar surface area (TPSA) is 58.6 Å². The van der Waals surface area contributed by atoms with Crippen LogP contribution >= 0.6 is 0 Å². The molecule has 1 aliphatic heterocycles. The monoisotopic (exact) mass is 318 g/mol. The SMILES string of the molecule is COc1ccc(CN2C[C@H](C(=O)N[C@@H](C)C(C)C)CC2=O)cc1. The maximum atomic E-state index is 12.3. The molecule has 0 unspecified atom stereocenters. The first-order valence-electron chi connectivity index (χ1n) is 8.11. The van der Waals surface area contributed by atoms with Crippen LogP contribution in [-0.2, 0) is 16.1 Å². The van der Waals surface area contributed by atoms with Crippen LogP contribution in [0.1, 0.15) is 32.8 Å². The van der Waals surface area contributed by atoms with Gasteiger partial charge in [-0.3, -0.25) is 9.59 Å². The zero-order valence-electron chi connectivity index (χ0n) is 14.3. The Morgan fingerprint density at radius 2 is 1.96 bits per heavy atom. The number of carbonyl (C=O) groups excluding carboxylic acids is 2. The summed E-state index contributed by atoms with van der Waals surface area (Å²) in [4.78, 5) is 26.2. The van der Waals surface area contributed by atoms with Gasteiger partial charge in [-0.15, -0.1) is 0 Å². The smallest absolute Gasteiger partial charge is 0.225 e. The molecule has 0 spiro atoms. The summed E-state index contributed by atoms with van der Waals surface area (Å²) >= 11 is 0. The van der Waals surface area contributed by atoms with Gasteiger partial charge in [0.1, 0.15) is 5.75 Å². The number of nitrogens with one attached hydrogen (secondary N) is 1. The number of amides is 2. The predicted molar refractivity (Wildman–Crippen MR) is 89.0 cm³/mol. The lowest BCUT2D eigenvalue weighted by Gasteiger charge is -2.20. The zero-order valence-corrected chi connectivity index (χ0v) is 14.3. The van der Waals surface area contributed by atoms with Crippen LogP contribution in [0.4, 0.5) is 0 Å². The first kappa shape index (κ1) is 17.3. The minimum atomic E-state index is -0.248. The molecule has 5 heteroatoms. The molecule has 0 saturated carbocycles. The van der Waals surface area contributed by atoms with Gasteiger partial charge in [-0.05, 0) is 30.5 Å². The Bertz CT molecular complexity index is 554. The van der Waals surface area contributed by atoms with Crippen molar-refractivity contribution >= 4 is 11.8 Å². The lowest BCUT2D eigenvalue weighted by molar-refractivity contribution is -0.129. The standard InChI is InChI=1S/C18H26N2O3/c1-12(2)13(3)19-18(22)15-9-17(21)20(11-15)10-14-5-7-16(23-4)8-6-14/h5-8,12-13,15H,9-11H2,1-4H3,(H,19,22)/t13-,15+/m0/s1. The molecule has 0 radical (unpaired) electrons. The van der Waals surface area contributed by atoms with Crippen molar-refractivity contribution in [2.24, 2.45) is 11.8 Å². The Kier molecular flexibility index (Phi) is 5.64. The molecule has 126 valence electrons. The van der Waals surface area contributed by atoms with Crippen molar-refractivity contribution in [1.29, 1.82) is 0 Å². The number of methoxy groups -OCH3 is 1. The number of likely N-dealkylation sites (tertiary alicyclic amines) is 1. The molecule has 1 aromatic rings. The van der Waals surface area contributed by atoms with Crippen molar-refractivity contribution in [1.82, 2.24) is 10.2 Å². The highest BCUT2D eigenvalue weighted by Gasteiger charge is 2.34. The van der Waals surface area contributed by atoms with Gasteiger partial charge in [-0.1, -0.05) is 26.0 Å². The number of rotatable bonds is 6. The largest absolute Gasteiger partial charge is 0.497 e. The molecule has 1 fully saturated rings. The molecule has 23 heavy (non-hydrogen) atoms. The Labute approximate surface area is 138 Å². The average Bonchev–Trinajstić information content (AvgIpc) is 2.89. The van der Waals surface area contributed by atoms with Crippen LogP contribution in [0.5, 0.6) is 5.75 Å². The maximum absolute atomic E-state index is 12.3. The zero-order chi connectivity index (χ0) is 17.0. The van der Waals surface area contributed by atoms with Crippen LogP contribution in [0.3, 0.4) is 0 Å². The third-order valence-electron chi connectivity index (χ3n) is 4.49. The highest BCUT2D eigenvalue weighted by molar-refractivity contribution is 5.89. The normalized spacial score (nSPS) is 19.1. The molecule has 2 atom stereocenters. The van der Waals surface area contributed by atoms with Gasteiger partial charge < -0.3 is 15.0 Å². The van der Waals surface area contributed by atoms with Crippen molar-refractivity contribution in [3.05, 3.63) is 29.8 Å². The van der Waals surface area contributed by atoms with E-state index in [1.54, 1.807) is 12.0 Å². The summed E-state index contributed by atoms with van der Waals surface area (Å²) in [5.41, 5.74) is 1.04. The van der Waals surface area contributed by atoms with E-state index in [4.69, 9.17) is 4.74 Å². The van der Waals surface area contributed by atoms with E-state index >= 15 is 0 Å². The van der Waals surface area contributed by atoms with Gasteiger partial charge in [0.15, 0.2) is 0 Å². The molecular weight excluding hydrogens is 292 g/mol. The number of ether oxygens (including phenoxy) is 1. The van der Waals surface area contributed by atoms with E-state index in [0.717, 1.165) is 11.3 Å². The van der Waals surface area contributed by atoms with E-state index in [1.807, 2.05) is 31.2 Å². The van der Waals surface area contributed by atoms with Gasteiger partial charge in [0.2, 0.25) is 11.8 Å². The Morgan fingerprint density at radius 3 is 2.52 bits per heavy atom. The molecule has 1 saturated heterocycles. The predicted octanol–water partition coefficient (Wildman–Crippen LogP) is 2.20. The summed E-state index contributed by atoms with van der Waals surface area (Å²) in [5.74, 6) is 0.949. The number of hydrogen-bond donors (Lipinski definition) is 1. The minimum Gasteiger partial charge on any atom is -0.497 e. The summed E-state index contributed by atoms with van der Waals surface area (Å²) < 4.78 is 5.13. The summed E-state index contributed by atoms with van der Waals surface area (Å²) in [6.45, 7) is 7.16. The van der Waals surface area contributed by atoms with Crippen molar-refractivity contribution in [2.75, 3.05) is 13.7 Å². The Hall–Kier alpha value is -2.04. The minimum absolute atomic E-state index is 0.0169. The van der Waals surface area contributed by atoms with Gasteiger partial charge in [0.25, 0.3) is 0 Å². The van der Waals surface area contributed by atoms with E-state index in [-0.39, 0.29) is 23.8 Å². The van der Waals surface area contributed by atoms with Gasteiger partial charge in [-0.25, -0.2) is 0 Å². The fourth-order valence-corrected chi connectivity index (χ4v) is 2.56. The highest BCUT2D eigenvalue weighted by Crippen LogP contribution is 2.22. The third kappa shape index (κ3) is 4.47. The fraction of sp³-hybridized carbons (Fsp3) is 0.556. The van der Waals surface area contributed by atoms with Crippen molar-refractivity contribution in [3.8, 4) is 5.75 Å². The van der Waals surface area contributed by atoms with Crippen molar-refractivity contribution in [2.45, 2.75) is 39.8 Å². The second-order valence-electron chi connectivity index (χ2n) is 6.56. The second kappa shape index (κ2) is 7.49. The van der Waals surface area contributed by atoms with Crippen LogP contribution in [0.25, 0.3) is 0 Å². The third-order valence-corrected chi connectivity index (χ3v) is 4.49. The van der Waals surface area contributed by atoms with Gasteiger partial charge >= 0.3 is 0 Å². The van der Waals surface area contributed by atoms with E-state index in [2.05, 4.69) is 19.2 Å². The van der Waals surface area contributed by atoms with E-state index in [0.29, 0.717) is 25.4 Å². The quantitative estimate of drug-likeness (QED) is 0.875. The number of nitrogens with zero attached hydrogens (tertiary/aromatic N) is 1. The Morgan fingerprint density at radius 1 is 1.30 bits per heavy atom. The molecule has 1 aliphatic rings. The first-order chi connectivity index (χ1) is 10.9. The Balaban J connectivity index is 1.92. The van der Waals surface area contributed by atoms with Gasteiger partial charge in [0, 0.05) is 25.6 Å². The number of hydrogen-bond acceptors (Lipinski definition) is 3. The molecule has 1 heterocycles. The lowest BCUT2D eigenvalue weighted by Crippen LogP contribution is -2.40. The van der Waals surface area contributed by atoms with E-state index in [1.165, 1.54) is 0 Å². The molecular formula is C18H26N2O3. The van der Waals surface area contributed by atoms with Gasteiger partial charge in [0.05, 0.1) is 13.0 Å². The van der Waals surface area contributed by atoms with Crippen LogP contribution in [-0.4, -0.2) is 36.4 Å². The molecule has 0 aromatic heterocycles. The summed E-state index contributed by atoms with van der Waals surface area (Å²) in [6, 6.07) is 7.77.